The van der Waals surface area contributed by atoms with Crippen LogP contribution in [0.4, 0.5) is 0 Å². The minimum atomic E-state index is -0.377. The second-order valence-electron chi connectivity index (χ2n) is 4.94. The van der Waals surface area contributed by atoms with Crippen molar-refractivity contribution in [3.05, 3.63) is 68.1 Å². The molecule has 2 aromatic carbocycles. The van der Waals surface area contributed by atoms with Crippen LogP contribution in [0.2, 0.25) is 10.0 Å². The first kappa shape index (κ1) is 17.4. The summed E-state index contributed by atoms with van der Waals surface area (Å²) in [5.74, 6) is 0.807. The minimum absolute atomic E-state index is 0.377. The van der Waals surface area contributed by atoms with Crippen LogP contribution in [-0.2, 0) is 11.8 Å². The lowest BCUT2D eigenvalue weighted by Crippen LogP contribution is -2.33. The van der Waals surface area contributed by atoms with Crippen LogP contribution in [-0.4, -0.2) is 11.8 Å². The molecule has 0 saturated heterocycles. The van der Waals surface area contributed by atoms with E-state index >= 15 is 0 Å². The van der Waals surface area contributed by atoms with Crippen molar-refractivity contribution in [2.45, 2.75) is 11.8 Å². The Morgan fingerprint density at radius 1 is 0.905 bits per heavy atom. The summed E-state index contributed by atoms with van der Waals surface area (Å²) < 4.78 is 1.02. The number of halogens is 5. The van der Waals surface area contributed by atoms with E-state index < -0.39 is 0 Å². The van der Waals surface area contributed by atoms with Gasteiger partial charge in [0.2, 0.25) is 0 Å². The van der Waals surface area contributed by atoms with Gasteiger partial charge in [0.25, 0.3) is 0 Å². The molecule has 0 N–H and O–H groups in total. The Morgan fingerprint density at radius 2 is 1.52 bits per heavy atom. The number of hydrogen-bond donors (Lipinski definition) is 0. The molecule has 5 heteroatoms. The molecule has 0 aliphatic rings. The molecule has 2 aromatic rings. The number of alkyl halides is 2. The molecular formula is C16H13BrCl4. The molecule has 0 heterocycles. The van der Waals surface area contributed by atoms with Gasteiger partial charge < -0.3 is 0 Å². The van der Waals surface area contributed by atoms with E-state index in [2.05, 4.69) is 15.9 Å². The van der Waals surface area contributed by atoms with Crippen molar-refractivity contribution < 1.29 is 0 Å². The van der Waals surface area contributed by atoms with Gasteiger partial charge in [-0.1, -0.05) is 63.4 Å². The molecule has 0 atom stereocenters. The van der Waals surface area contributed by atoms with E-state index in [1.807, 2.05) is 36.4 Å². The van der Waals surface area contributed by atoms with E-state index in [-0.39, 0.29) is 5.41 Å². The molecule has 0 amide bonds. The lowest BCUT2D eigenvalue weighted by Gasteiger charge is -2.31. The Kier molecular flexibility index (Phi) is 6.28. The van der Waals surface area contributed by atoms with Gasteiger partial charge in [0.1, 0.15) is 0 Å². The van der Waals surface area contributed by atoms with Crippen molar-refractivity contribution in [3.8, 4) is 0 Å². The van der Waals surface area contributed by atoms with Gasteiger partial charge in [0.05, 0.1) is 10.0 Å². The van der Waals surface area contributed by atoms with E-state index in [9.17, 15) is 0 Å². The standard InChI is InChI=1S/C16H13BrCl4/c17-13-6-4-12(5-7-13)16(9-18,10-19)8-11-2-1-3-14(20)15(11)21/h1-7H,8-10H2. The van der Waals surface area contributed by atoms with Crippen LogP contribution in [0.3, 0.4) is 0 Å². The third kappa shape index (κ3) is 3.89. The minimum Gasteiger partial charge on any atom is -0.126 e. The fourth-order valence-electron chi connectivity index (χ4n) is 2.24. The monoisotopic (exact) mass is 424 g/mol. The van der Waals surface area contributed by atoms with Crippen LogP contribution in [0.1, 0.15) is 11.1 Å². The first-order chi connectivity index (χ1) is 10.0. The number of rotatable bonds is 5. The van der Waals surface area contributed by atoms with E-state index in [1.54, 1.807) is 6.07 Å². The van der Waals surface area contributed by atoms with E-state index in [0.717, 1.165) is 15.6 Å². The van der Waals surface area contributed by atoms with E-state index in [1.165, 1.54) is 0 Å². The van der Waals surface area contributed by atoms with Crippen molar-refractivity contribution in [1.82, 2.24) is 0 Å². The summed E-state index contributed by atoms with van der Waals surface area (Å²) in [6.07, 6.45) is 0.640. The van der Waals surface area contributed by atoms with Crippen molar-refractivity contribution in [3.63, 3.8) is 0 Å². The molecule has 0 fully saturated rings. The molecule has 0 aliphatic carbocycles. The molecule has 0 nitrogen and oxygen atoms in total. The molecule has 0 aromatic heterocycles. The van der Waals surface area contributed by atoms with Crippen LogP contribution in [0.25, 0.3) is 0 Å². The van der Waals surface area contributed by atoms with Gasteiger partial charge in [0.15, 0.2) is 0 Å². The highest BCUT2D eigenvalue weighted by Gasteiger charge is 2.32. The molecule has 21 heavy (non-hydrogen) atoms. The number of hydrogen-bond acceptors (Lipinski definition) is 0. The Morgan fingerprint density at radius 3 is 2.10 bits per heavy atom. The highest BCUT2D eigenvalue weighted by atomic mass is 79.9. The Labute approximate surface area is 153 Å². The quantitative estimate of drug-likeness (QED) is 0.466. The second-order valence-corrected chi connectivity index (χ2v) is 7.18. The molecule has 0 radical (unpaired) electrons. The van der Waals surface area contributed by atoms with E-state index in [4.69, 9.17) is 46.4 Å². The van der Waals surface area contributed by atoms with Crippen LogP contribution in [0.15, 0.2) is 46.9 Å². The maximum Gasteiger partial charge on any atom is 0.0624 e. The average Bonchev–Trinajstić information content (AvgIpc) is 2.50. The molecular weight excluding hydrogens is 414 g/mol. The maximum absolute atomic E-state index is 6.30. The van der Waals surface area contributed by atoms with Crippen LogP contribution in [0, 0.1) is 0 Å². The van der Waals surface area contributed by atoms with Gasteiger partial charge >= 0.3 is 0 Å². The summed E-state index contributed by atoms with van der Waals surface area (Å²) in [6.45, 7) is 0. The summed E-state index contributed by atoms with van der Waals surface area (Å²) >= 11 is 28.4. The van der Waals surface area contributed by atoms with Gasteiger partial charge in [-0.3, -0.25) is 0 Å². The van der Waals surface area contributed by atoms with Crippen LogP contribution >= 0.6 is 62.3 Å². The fourth-order valence-corrected chi connectivity index (χ4v) is 3.67. The first-order valence-corrected chi connectivity index (χ1v) is 8.95. The number of benzene rings is 2. The van der Waals surface area contributed by atoms with Crippen molar-refractivity contribution >= 4 is 62.3 Å². The topological polar surface area (TPSA) is 0 Å². The maximum atomic E-state index is 6.30. The highest BCUT2D eigenvalue weighted by Crippen LogP contribution is 2.36. The largest absolute Gasteiger partial charge is 0.126 e. The molecule has 112 valence electrons. The Balaban J connectivity index is 2.43. The Hall–Kier alpha value is 0.0800. The molecule has 2 rings (SSSR count). The first-order valence-electron chi connectivity index (χ1n) is 6.33. The summed E-state index contributed by atoms with van der Waals surface area (Å²) in [4.78, 5) is 0. The van der Waals surface area contributed by atoms with Crippen molar-refractivity contribution in [1.29, 1.82) is 0 Å². The van der Waals surface area contributed by atoms with Gasteiger partial charge in [-0.15, -0.1) is 23.2 Å². The zero-order chi connectivity index (χ0) is 15.5. The SMILES string of the molecule is ClCC(CCl)(Cc1cccc(Cl)c1Cl)c1ccc(Br)cc1. The van der Waals surface area contributed by atoms with Crippen molar-refractivity contribution in [2.24, 2.45) is 0 Å². The highest BCUT2D eigenvalue weighted by molar-refractivity contribution is 9.10. The van der Waals surface area contributed by atoms with Gasteiger partial charge in [-0.25, -0.2) is 0 Å². The van der Waals surface area contributed by atoms with Gasteiger partial charge in [0, 0.05) is 21.6 Å². The molecule has 0 spiro atoms. The van der Waals surface area contributed by atoms with Crippen molar-refractivity contribution in [2.75, 3.05) is 11.8 Å². The normalized spacial score (nSPS) is 11.7. The molecule has 0 unspecified atom stereocenters. The second kappa shape index (κ2) is 7.57. The third-order valence-electron chi connectivity index (χ3n) is 3.53. The smallest absolute Gasteiger partial charge is 0.0624 e. The zero-order valence-electron chi connectivity index (χ0n) is 11.1. The fraction of sp³-hybridized carbons (Fsp3) is 0.250. The van der Waals surface area contributed by atoms with Gasteiger partial charge in [-0.2, -0.15) is 0 Å². The lowest BCUT2D eigenvalue weighted by atomic mass is 9.79. The molecule has 0 aliphatic heterocycles. The van der Waals surface area contributed by atoms with Gasteiger partial charge in [-0.05, 0) is 35.7 Å². The Bertz CT molecular complexity index is 606. The zero-order valence-corrected chi connectivity index (χ0v) is 15.7. The third-order valence-corrected chi connectivity index (χ3v) is 5.94. The summed E-state index contributed by atoms with van der Waals surface area (Å²) in [7, 11) is 0. The predicted octanol–water partition coefficient (Wildman–Crippen LogP) is 6.71. The summed E-state index contributed by atoms with van der Waals surface area (Å²) in [6, 6.07) is 13.7. The predicted molar refractivity (Wildman–Crippen MR) is 97.4 cm³/mol. The summed E-state index contributed by atoms with van der Waals surface area (Å²) in [5.41, 5.74) is 1.66. The van der Waals surface area contributed by atoms with E-state index in [0.29, 0.717) is 28.2 Å². The van der Waals surface area contributed by atoms with Crippen LogP contribution < -0.4 is 0 Å². The summed E-state index contributed by atoms with van der Waals surface area (Å²) in [5, 5.41) is 1.11. The van der Waals surface area contributed by atoms with Crippen LogP contribution in [0.5, 0.6) is 0 Å². The lowest BCUT2D eigenvalue weighted by molar-refractivity contribution is 0.536. The molecule has 0 bridgehead atoms. The molecule has 0 saturated carbocycles. The average molecular weight is 427 g/mol.